The highest BCUT2D eigenvalue weighted by Gasteiger charge is 2.33. The fraction of sp³-hybridized carbons (Fsp3) is 0.419. The second-order valence-electron chi connectivity index (χ2n) is 11.0. The fourth-order valence-electron chi connectivity index (χ4n) is 5.64. The van der Waals surface area contributed by atoms with Gasteiger partial charge in [-0.05, 0) is 43.7 Å². The lowest BCUT2D eigenvalue weighted by atomic mass is 9.96. The zero-order chi connectivity index (χ0) is 30.6. The molecule has 13 heteroatoms. The summed E-state index contributed by atoms with van der Waals surface area (Å²) in [7, 11) is 3.65. The number of para-hydroxylation sites is 1. The zero-order valence-electron chi connectivity index (χ0n) is 25.0. The lowest BCUT2D eigenvalue weighted by Gasteiger charge is -2.37. The van der Waals surface area contributed by atoms with Crippen LogP contribution >= 0.6 is 13.5 Å². The maximum absolute atomic E-state index is 12.7. The summed E-state index contributed by atoms with van der Waals surface area (Å²) in [4.78, 5) is 21.6. The van der Waals surface area contributed by atoms with Crippen LogP contribution in [0.5, 0.6) is 0 Å². The van der Waals surface area contributed by atoms with Gasteiger partial charge in [0.2, 0.25) is 0 Å². The van der Waals surface area contributed by atoms with Crippen molar-refractivity contribution in [2.45, 2.75) is 44.1 Å². The Balaban J connectivity index is 0.00000442. The fourth-order valence-corrected chi connectivity index (χ4v) is 5.64. The van der Waals surface area contributed by atoms with Crippen molar-refractivity contribution in [3.63, 3.8) is 0 Å². The molecule has 0 bridgehead atoms. The molecule has 44 heavy (non-hydrogen) atoms. The largest absolute Gasteiger partial charge is 0.401 e. The van der Waals surface area contributed by atoms with Crippen molar-refractivity contribution in [3.05, 3.63) is 72.3 Å². The van der Waals surface area contributed by atoms with Crippen LogP contribution in [-0.2, 0) is 0 Å². The third-order valence-corrected chi connectivity index (χ3v) is 8.10. The molecule has 0 radical (unpaired) electrons. The van der Waals surface area contributed by atoms with E-state index in [9.17, 15) is 18.3 Å². The Morgan fingerprint density at radius 3 is 2.50 bits per heavy atom. The summed E-state index contributed by atoms with van der Waals surface area (Å²) in [5, 5.41) is 17.6. The molecule has 3 aromatic heterocycles. The number of fused-ring (bicyclic) bond motifs is 1. The molecule has 236 valence electrons. The number of hydrogen-bond donors (Lipinski definition) is 3. The SMILES string of the molecule is CNC(O)c1ccnc2c([C@H](C)CNc3cc(-c4ccc(N(C)C5CCN(CC(F)(F)F)CC5)nc4)ncn3)cccc12.S. The molecule has 9 nitrogen and oxygen atoms in total. The zero-order valence-corrected chi connectivity index (χ0v) is 26.0. The van der Waals surface area contributed by atoms with Gasteiger partial charge in [0.15, 0.2) is 0 Å². The van der Waals surface area contributed by atoms with E-state index in [0.717, 1.165) is 39.1 Å². The molecule has 0 saturated carbocycles. The summed E-state index contributed by atoms with van der Waals surface area (Å²) in [6, 6.07) is 13.7. The smallest absolute Gasteiger partial charge is 0.374 e. The number of halogens is 3. The minimum atomic E-state index is -4.17. The molecule has 1 saturated heterocycles. The highest BCUT2D eigenvalue weighted by atomic mass is 32.1. The Kier molecular flexibility index (Phi) is 11.0. The molecular weight excluding hydrogens is 589 g/mol. The van der Waals surface area contributed by atoms with Gasteiger partial charge in [0, 0.05) is 73.6 Å². The number of nitrogens with one attached hydrogen (secondary N) is 2. The summed E-state index contributed by atoms with van der Waals surface area (Å²) < 4.78 is 38.2. The molecule has 1 aliphatic rings. The van der Waals surface area contributed by atoms with E-state index in [0.29, 0.717) is 38.3 Å². The number of piperidine rings is 1. The van der Waals surface area contributed by atoms with Crippen LogP contribution in [-0.4, -0.2) is 82.4 Å². The van der Waals surface area contributed by atoms with E-state index < -0.39 is 18.9 Å². The van der Waals surface area contributed by atoms with Crippen molar-refractivity contribution >= 4 is 36.0 Å². The molecule has 4 heterocycles. The minimum Gasteiger partial charge on any atom is -0.374 e. The molecule has 1 fully saturated rings. The molecule has 2 atom stereocenters. The number of hydrogen-bond acceptors (Lipinski definition) is 9. The Morgan fingerprint density at radius 2 is 1.82 bits per heavy atom. The number of rotatable bonds is 10. The van der Waals surface area contributed by atoms with Gasteiger partial charge < -0.3 is 15.3 Å². The summed E-state index contributed by atoms with van der Waals surface area (Å²) in [5.74, 6) is 1.56. The number of pyridine rings is 2. The highest BCUT2D eigenvalue weighted by Crippen LogP contribution is 2.29. The molecule has 3 N–H and O–H groups in total. The van der Waals surface area contributed by atoms with Gasteiger partial charge in [-0.15, -0.1) is 0 Å². The summed E-state index contributed by atoms with van der Waals surface area (Å²) >= 11 is 0. The summed E-state index contributed by atoms with van der Waals surface area (Å²) in [6.45, 7) is 2.71. The van der Waals surface area contributed by atoms with Crippen LogP contribution in [0.4, 0.5) is 24.8 Å². The molecule has 4 aromatic rings. The van der Waals surface area contributed by atoms with Crippen molar-refractivity contribution in [1.29, 1.82) is 0 Å². The number of likely N-dealkylation sites (tertiary alicyclic amines) is 1. The predicted octanol–water partition coefficient (Wildman–Crippen LogP) is 5.09. The number of anilines is 2. The number of aromatic nitrogens is 4. The van der Waals surface area contributed by atoms with Crippen molar-refractivity contribution in [2.75, 3.05) is 50.5 Å². The van der Waals surface area contributed by atoms with E-state index in [1.165, 1.54) is 11.2 Å². The van der Waals surface area contributed by atoms with Gasteiger partial charge in [-0.25, -0.2) is 15.0 Å². The third-order valence-electron chi connectivity index (χ3n) is 8.10. The highest BCUT2D eigenvalue weighted by molar-refractivity contribution is 7.59. The molecule has 1 aliphatic heterocycles. The van der Waals surface area contributed by atoms with Crippen molar-refractivity contribution in [1.82, 2.24) is 30.2 Å². The number of alkyl halides is 3. The second kappa shape index (κ2) is 14.5. The predicted molar refractivity (Wildman–Crippen MR) is 172 cm³/mol. The van der Waals surface area contributed by atoms with Crippen molar-refractivity contribution in [3.8, 4) is 11.3 Å². The number of nitrogens with zero attached hydrogens (tertiary/aromatic N) is 6. The summed E-state index contributed by atoms with van der Waals surface area (Å²) in [6.07, 6.45) is 1.37. The van der Waals surface area contributed by atoms with Gasteiger partial charge in [-0.2, -0.15) is 26.7 Å². The minimum absolute atomic E-state index is 0. The Bertz CT molecular complexity index is 1520. The van der Waals surface area contributed by atoms with Gasteiger partial charge in [0.25, 0.3) is 0 Å². The van der Waals surface area contributed by atoms with Crippen LogP contribution in [0.2, 0.25) is 0 Å². The maximum atomic E-state index is 12.7. The molecule has 0 aliphatic carbocycles. The Hall–Kier alpha value is -3.52. The van der Waals surface area contributed by atoms with E-state index >= 15 is 0 Å². The second-order valence-corrected chi connectivity index (χ2v) is 11.0. The Labute approximate surface area is 262 Å². The molecule has 5 rings (SSSR count). The first kappa shape index (κ1) is 33.4. The van der Waals surface area contributed by atoms with E-state index in [-0.39, 0.29) is 25.5 Å². The molecular formula is C31H39F3N8OS. The lowest BCUT2D eigenvalue weighted by Crippen LogP contribution is -2.46. The van der Waals surface area contributed by atoms with E-state index in [2.05, 4.69) is 43.6 Å². The molecule has 0 spiro atoms. The van der Waals surface area contributed by atoms with Crippen LogP contribution in [0, 0.1) is 0 Å². The van der Waals surface area contributed by atoms with E-state index in [1.54, 1.807) is 19.4 Å². The normalized spacial score (nSPS) is 15.9. The van der Waals surface area contributed by atoms with Crippen LogP contribution in [0.15, 0.2) is 61.2 Å². The standard InChI is InChI=1S/C31H37F3N8O.H2S/c1-20(23-5-4-6-24-25(30(43)35-2)9-12-36-29(23)24)16-37-27-15-26(39-19-40-27)21-7-8-28(38-17-21)41(3)22-10-13-42(14-11-22)18-31(32,33)34;/h4-9,12,15,17,19-20,22,30,35,43H,10-11,13-14,16,18H2,1-3H3,(H,37,39,40);1H2/t20-,30?;/m1./s1. The first-order valence-electron chi connectivity index (χ1n) is 14.4. The lowest BCUT2D eigenvalue weighted by molar-refractivity contribution is -0.147. The third kappa shape index (κ3) is 7.95. The number of benzene rings is 1. The molecule has 0 amide bonds. The average molecular weight is 629 g/mol. The topological polar surface area (TPSA) is 102 Å². The maximum Gasteiger partial charge on any atom is 0.401 e. The van der Waals surface area contributed by atoms with Gasteiger partial charge in [0.1, 0.15) is 24.2 Å². The first-order chi connectivity index (χ1) is 20.6. The van der Waals surface area contributed by atoms with E-state index in [1.807, 2.05) is 48.3 Å². The van der Waals surface area contributed by atoms with Crippen LogP contribution in [0.3, 0.4) is 0 Å². The number of aliphatic hydroxyl groups is 1. The quantitative estimate of drug-likeness (QED) is 0.207. The molecule has 1 aromatic carbocycles. The van der Waals surface area contributed by atoms with Gasteiger partial charge in [-0.3, -0.25) is 15.2 Å². The molecule has 1 unspecified atom stereocenters. The average Bonchev–Trinajstić information content (AvgIpc) is 3.02. The number of aliphatic hydroxyl groups excluding tert-OH is 1. The van der Waals surface area contributed by atoms with E-state index in [4.69, 9.17) is 0 Å². The van der Waals surface area contributed by atoms with Gasteiger partial charge >= 0.3 is 6.18 Å². The Morgan fingerprint density at radius 1 is 1.05 bits per heavy atom. The van der Waals surface area contributed by atoms with Crippen LogP contribution in [0.25, 0.3) is 22.2 Å². The van der Waals surface area contributed by atoms with Gasteiger partial charge in [0.05, 0.1) is 17.8 Å². The van der Waals surface area contributed by atoms with Crippen LogP contribution < -0.4 is 15.5 Å². The monoisotopic (exact) mass is 628 g/mol. The van der Waals surface area contributed by atoms with Gasteiger partial charge in [-0.1, -0.05) is 25.1 Å². The van der Waals surface area contributed by atoms with Crippen molar-refractivity contribution in [2.24, 2.45) is 0 Å². The van der Waals surface area contributed by atoms with Crippen LogP contribution in [0.1, 0.15) is 43.0 Å². The first-order valence-corrected chi connectivity index (χ1v) is 14.4. The van der Waals surface area contributed by atoms with Crippen molar-refractivity contribution < 1.29 is 18.3 Å². The summed E-state index contributed by atoms with van der Waals surface area (Å²) in [5.41, 5.74) is 4.27.